The van der Waals surface area contributed by atoms with E-state index in [1.165, 1.54) is 16.4 Å². The standard InChI is InChI=1S/C21H32N4O6S/c1-3-5-16(2)22-21(26)17-6-4-9-23(15-17)19-8-7-18(14-20(19)25(27)28)32(29,30)24-10-12-31-13-11-24/h7-8,14,16-17H,3-6,9-13,15H2,1-2H3,(H,22,26). The number of rotatable bonds is 8. The van der Waals surface area contributed by atoms with Crippen molar-refractivity contribution in [2.75, 3.05) is 44.3 Å². The highest BCUT2D eigenvalue weighted by molar-refractivity contribution is 7.89. The summed E-state index contributed by atoms with van der Waals surface area (Å²) in [6.45, 7) is 6.01. The number of morpholine rings is 1. The summed E-state index contributed by atoms with van der Waals surface area (Å²) in [6.07, 6.45) is 3.32. The normalized spacial score (nSPS) is 21.2. The maximum atomic E-state index is 12.9. The molecule has 178 valence electrons. The zero-order valence-corrected chi connectivity index (χ0v) is 19.5. The van der Waals surface area contributed by atoms with Gasteiger partial charge in [0.05, 0.1) is 29.0 Å². The molecule has 1 aromatic rings. The second-order valence-corrected chi connectivity index (χ2v) is 10.3. The van der Waals surface area contributed by atoms with E-state index in [2.05, 4.69) is 12.2 Å². The molecule has 2 saturated heterocycles. The highest BCUT2D eigenvalue weighted by atomic mass is 32.2. The zero-order chi connectivity index (χ0) is 23.3. The van der Waals surface area contributed by atoms with Crippen LogP contribution in [0.1, 0.15) is 39.5 Å². The van der Waals surface area contributed by atoms with Gasteiger partial charge in [-0.15, -0.1) is 0 Å². The number of carbonyl (C=O) groups is 1. The van der Waals surface area contributed by atoms with E-state index in [4.69, 9.17) is 4.74 Å². The number of amides is 1. The van der Waals surface area contributed by atoms with Gasteiger partial charge in [-0.3, -0.25) is 14.9 Å². The van der Waals surface area contributed by atoms with Crippen molar-refractivity contribution < 1.29 is 22.9 Å². The number of nitro groups is 1. The monoisotopic (exact) mass is 468 g/mol. The first kappa shape index (κ1) is 24.4. The number of sulfonamides is 1. The second-order valence-electron chi connectivity index (χ2n) is 8.41. The molecule has 0 saturated carbocycles. The van der Waals surface area contributed by atoms with Crippen LogP contribution < -0.4 is 10.2 Å². The Bertz CT molecular complexity index is 932. The van der Waals surface area contributed by atoms with Crippen LogP contribution in [-0.2, 0) is 19.6 Å². The van der Waals surface area contributed by atoms with E-state index in [9.17, 15) is 23.3 Å². The van der Waals surface area contributed by atoms with Crippen molar-refractivity contribution in [1.29, 1.82) is 0 Å². The molecule has 1 N–H and O–H groups in total. The summed E-state index contributed by atoms with van der Waals surface area (Å²) in [5.41, 5.74) is 0.0785. The Morgan fingerprint density at radius 3 is 2.69 bits per heavy atom. The third-order valence-corrected chi connectivity index (χ3v) is 7.89. The maximum absolute atomic E-state index is 12.9. The van der Waals surface area contributed by atoms with Gasteiger partial charge >= 0.3 is 0 Å². The van der Waals surface area contributed by atoms with Crippen molar-refractivity contribution in [1.82, 2.24) is 9.62 Å². The fraction of sp³-hybridized carbons (Fsp3) is 0.667. The summed E-state index contributed by atoms with van der Waals surface area (Å²) >= 11 is 0. The minimum Gasteiger partial charge on any atom is -0.379 e. The highest BCUT2D eigenvalue weighted by Crippen LogP contribution is 2.34. The van der Waals surface area contributed by atoms with E-state index >= 15 is 0 Å². The van der Waals surface area contributed by atoms with Gasteiger partial charge in [0, 0.05) is 38.3 Å². The molecule has 0 aromatic heterocycles. The summed E-state index contributed by atoms with van der Waals surface area (Å²) in [4.78, 5) is 25.7. The van der Waals surface area contributed by atoms with Crippen LogP contribution in [0.5, 0.6) is 0 Å². The fourth-order valence-electron chi connectivity index (χ4n) is 4.29. The number of nitrogens with zero attached hydrogens (tertiary/aromatic N) is 3. The topological polar surface area (TPSA) is 122 Å². The van der Waals surface area contributed by atoms with Crippen LogP contribution in [0.3, 0.4) is 0 Å². The largest absolute Gasteiger partial charge is 0.379 e. The van der Waals surface area contributed by atoms with Crippen LogP contribution in [0, 0.1) is 16.0 Å². The van der Waals surface area contributed by atoms with Crippen LogP contribution in [-0.4, -0.2) is 69.0 Å². The van der Waals surface area contributed by atoms with Gasteiger partial charge in [-0.1, -0.05) is 13.3 Å². The average molecular weight is 469 g/mol. The molecule has 32 heavy (non-hydrogen) atoms. The van der Waals surface area contributed by atoms with E-state index < -0.39 is 14.9 Å². The fourth-order valence-corrected chi connectivity index (χ4v) is 5.72. The Hall–Kier alpha value is -2.24. The Labute approximate surface area is 189 Å². The number of hydrogen-bond donors (Lipinski definition) is 1. The van der Waals surface area contributed by atoms with Gasteiger partial charge in [0.1, 0.15) is 5.69 Å². The summed E-state index contributed by atoms with van der Waals surface area (Å²) in [5.74, 6) is -0.302. The van der Waals surface area contributed by atoms with Gasteiger partial charge in [0.25, 0.3) is 5.69 Å². The minimum absolute atomic E-state index is 0.0372. The number of nitro benzene ring substituents is 1. The Morgan fingerprint density at radius 2 is 2.03 bits per heavy atom. The first-order valence-corrected chi connectivity index (χ1v) is 12.6. The summed E-state index contributed by atoms with van der Waals surface area (Å²) in [7, 11) is -3.84. The van der Waals surface area contributed by atoms with E-state index in [1.807, 2.05) is 11.8 Å². The predicted octanol–water partition coefficient (Wildman–Crippen LogP) is 2.14. The van der Waals surface area contributed by atoms with Crippen LogP contribution in [0.15, 0.2) is 23.1 Å². The molecule has 2 heterocycles. The lowest BCUT2D eigenvalue weighted by molar-refractivity contribution is -0.384. The van der Waals surface area contributed by atoms with Crippen LogP contribution in [0.25, 0.3) is 0 Å². The second kappa shape index (κ2) is 10.6. The first-order chi connectivity index (χ1) is 15.2. The van der Waals surface area contributed by atoms with Crippen molar-refractivity contribution in [2.24, 2.45) is 5.92 Å². The van der Waals surface area contributed by atoms with Gasteiger partial charge in [0.2, 0.25) is 15.9 Å². The number of nitrogens with one attached hydrogen (secondary N) is 1. The quantitative estimate of drug-likeness (QED) is 0.458. The maximum Gasteiger partial charge on any atom is 0.293 e. The molecule has 1 amide bonds. The average Bonchev–Trinajstić information content (AvgIpc) is 2.79. The molecule has 2 unspecified atom stereocenters. The van der Waals surface area contributed by atoms with E-state index in [0.29, 0.717) is 32.0 Å². The Balaban J connectivity index is 1.81. The number of benzene rings is 1. The lowest BCUT2D eigenvalue weighted by atomic mass is 9.96. The van der Waals surface area contributed by atoms with Crippen molar-refractivity contribution >= 4 is 27.3 Å². The van der Waals surface area contributed by atoms with Crippen molar-refractivity contribution in [2.45, 2.75) is 50.5 Å². The van der Waals surface area contributed by atoms with Gasteiger partial charge in [-0.2, -0.15) is 4.31 Å². The van der Waals surface area contributed by atoms with E-state index in [0.717, 1.165) is 31.7 Å². The molecule has 0 aliphatic carbocycles. The summed E-state index contributed by atoms with van der Waals surface area (Å²) in [5, 5.41) is 14.9. The predicted molar refractivity (Wildman–Crippen MR) is 120 cm³/mol. The molecule has 1 aromatic carbocycles. The Morgan fingerprint density at radius 1 is 1.31 bits per heavy atom. The smallest absolute Gasteiger partial charge is 0.293 e. The first-order valence-electron chi connectivity index (χ1n) is 11.2. The molecule has 2 fully saturated rings. The molecule has 2 atom stereocenters. The lowest BCUT2D eigenvalue weighted by Gasteiger charge is -2.34. The van der Waals surface area contributed by atoms with Crippen molar-refractivity contribution in [3.63, 3.8) is 0 Å². The van der Waals surface area contributed by atoms with Gasteiger partial charge in [-0.05, 0) is 38.3 Å². The molecule has 0 bridgehead atoms. The Kier molecular flexibility index (Phi) is 8.07. The third kappa shape index (κ3) is 5.57. The minimum atomic E-state index is -3.84. The molecule has 0 spiro atoms. The SMILES string of the molecule is CCCC(C)NC(=O)C1CCCN(c2ccc(S(=O)(=O)N3CCOCC3)cc2[N+](=O)[O-])C1. The molecule has 3 rings (SSSR count). The zero-order valence-electron chi connectivity index (χ0n) is 18.7. The molecular formula is C21H32N4O6S. The number of piperidine rings is 1. The van der Waals surface area contributed by atoms with Gasteiger partial charge in [-0.25, -0.2) is 8.42 Å². The van der Waals surface area contributed by atoms with Crippen LogP contribution >= 0.6 is 0 Å². The van der Waals surface area contributed by atoms with Gasteiger partial charge in [0.15, 0.2) is 0 Å². The molecule has 2 aliphatic rings. The summed E-state index contributed by atoms with van der Waals surface area (Å²) < 4.78 is 32.3. The molecule has 10 nitrogen and oxygen atoms in total. The van der Waals surface area contributed by atoms with Crippen molar-refractivity contribution in [3.8, 4) is 0 Å². The molecule has 0 radical (unpaired) electrons. The van der Waals surface area contributed by atoms with Crippen molar-refractivity contribution in [3.05, 3.63) is 28.3 Å². The van der Waals surface area contributed by atoms with Crippen LogP contribution in [0.2, 0.25) is 0 Å². The van der Waals surface area contributed by atoms with E-state index in [1.54, 1.807) is 0 Å². The van der Waals surface area contributed by atoms with Crippen LogP contribution in [0.4, 0.5) is 11.4 Å². The molecule has 2 aliphatic heterocycles. The third-order valence-electron chi connectivity index (χ3n) is 5.99. The number of ether oxygens (including phenoxy) is 1. The number of hydrogen-bond acceptors (Lipinski definition) is 7. The van der Waals surface area contributed by atoms with E-state index in [-0.39, 0.29) is 41.5 Å². The van der Waals surface area contributed by atoms with Gasteiger partial charge < -0.3 is 15.0 Å². The number of carbonyl (C=O) groups excluding carboxylic acids is 1. The molecular weight excluding hydrogens is 436 g/mol. The highest BCUT2D eigenvalue weighted by Gasteiger charge is 2.32. The molecule has 11 heteroatoms. The lowest BCUT2D eigenvalue weighted by Crippen LogP contribution is -2.45. The summed E-state index contributed by atoms with van der Waals surface area (Å²) in [6, 6.07) is 4.13. The number of anilines is 1.